The molecule has 22 heavy (non-hydrogen) atoms. The molecule has 0 saturated carbocycles. The highest BCUT2D eigenvalue weighted by Crippen LogP contribution is 2.34. The molecule has 0 aromatic heterocycles. The number of methoxy groups -OCH3 is 1. The molecule has 0 N–H and O–H groups in total. The van der Waals surface area contributed by atoms with E-state index in [1.807, 2.05) is 43.4 Å². The van der Waals surface area contributed by atoms with Gasteiger partial charge in [-0.1, -0.05) is 60.7 Å². The van der Waals surface area contributed by atoms with Crippen molar-refractivity contribution in [3.63, 3.8) is 0 Å². The summed E-state index contributed by atoms with van der Waals surface area (Å²) >= 11 is 0. The predicted molar refractivity (Wildman–Crippen MR) is 88.1 cm³/mol. The van der Waals surface area contributed by atoms with Crippen LogP contribution in [0.15, 0.2) is 60.7 Å². The fraction of sp³-hybridized carbons (Fsp3) is 0.211. The monoisotopic (exact) mass is 293 g/mol. The molecular weight excluding hydrogens is 274 g/mol. The van der Waals surface area contributed by atoms with E-state index in [2.05, 4.69) is 30.3 Å². The Bertz CT molecular complexity index is 679. The largest absolute Gasteiger partial charge is 0.369 e. The van der Waals surface area contributed by atoms with E-state index >= 15 is 0 Å². The van der Waals surface area contributed by atoms with Crippen molar-refractivity contribution in [3.8, 4) is 0 Å². The number of nitrogens with zero attached hydrogens (tertiary/aromatic N) is 1. The quantitative estimate of drug-likeness (QED) is 0.640. The van der Waals surface area contributed by atoms with Crippen LogP contribution in [0.25, 0.3) is 11.6 Å². The molecule has 2 aromatic carbocycles. The predicted octanol–water partition coefficient (Wildman–Crippen LogP) is 3.08. The molecule has 0 unspecified atom stereocenters. The van der Waals surface area contributed by atoms with Crippen LogP contribution in [0.2, 0.25) is 0 Å². The number of likely N-dealkylation sites (tertiary alicyclic amines) is 1. The minimum Gasteiger partial charge on any atom is -0.369 e. The highest BCUT2D eigenvalue weighted by atomic mass is 16.5. The van der Waals surface area contributed by atoms with E-state index in [0.717, 1.165) is 16.7 Å². The van der Waals surface area contributed by atoms with Crippen LogP contribution >= 0.6 is 0 Å². The van der Waals surface area contributed by atoms with Crippen LogP contribution in [0.4, 0.5) is 0 Å². The van der Waals surface area contributed by atoms with Crippen molar-refractivity contribution < 1.29 is 9.53 Å². The summed E-state index contributed by atoms with van der Waals surface area (Å²) in [6.07, 6.45) is 1.73. The Balaban J connectivity index is 2.05. The zero-order chi connectivity index (χ0) is 15.5. The maximum atomic E-state index is 12.0. The van der Waals surface area contributed by atoms with Gasteiger partial charge in [0.15, 0.2) is 6.10 Å². The highest BCUT2D eigenvalue weighted by Gasteiger charge is 2.47. The van der Waals surface area contributed by atoms with Gasteiger partial charge in [0.2, 0.25) is 0 Å². The van der Waals surface area contributed by atoms with Crippen LogP contribution in [0.1, 0.15) is 11.1 Å². The molecule has 1 heterocycles. The molecule has 3 heteroatoms. The van der Waals surface area contributed by atoms with E-state index in [-0.39, 0.29) is 11.9 Å². The van der Waals surface area contributed by atoms with Gasteiger partial charge in [-0.15, -0.1) is 0 Å². The number of amides is 1. The Kier molecular flexibility index (Phi) is 4.07. The van der Waals surface area contributed by atoms with Crippen LogP contribution in [0.5, 0.6) is 0 Å². The fourth-order valence-corrected chi connectivity index (χ4v) is 2.89. The van der Waals surface area contributed by atoms with E-state index in [4.69, 9.17) is 4.74 Å². The number of likely N-dealkylation sites (N-methyl/N-ethyl adjacent to an activating group) is 1. The van der Waals surface area contributed by atoms with Gasteiger partial charge in [0.1, 0.15) is 0 Å². The van der Waals surface area contributed by atoms with Crippen LogP contribution < -0.4 is 0 Å². The van der Waals surface area contributed by atoms with E-state index in [0.29, 0.717) is 0 Å². The summed E-state index contributed by atoms with van der Waals surface area (Å²) in [5.74, 6) is 0.0300. The van der Waals surface area contributed by atoms with Gasteiger partial charge in [0, 0.05) is 14.2 Å². The van der Waals surface area contributed by atoms with Crippen molar-refractivity contribution in [1.29, 1.82) is 0 Å². The van der Waals surface area contributed by atoms with Crippen molar-refractivity contribution in [3.05, 3.63) is 71.8 Å². The number of ether oxygens (including phenoxy) is 1. The number of rotatable bonds is 4. The number of hydrogen-bond acceptors (Lipinski definition) is 2. The van der Waals surface area contributed by atoms with Gasteiger partial charge >= 0.3 is 0 Å². The lowest BCUT2D eigenvalue weighted by atomic mass is 9.85. The summed E-state index contributed by atoms with van der Waals surface area (Å²) in [4.78, 5) is 13.7. The lowest BCUT2D eigenvalue weighted by Gasteiger charge is -2.45. The number of benzene rings is 2. The zero-order valence-corrected chi connectivity index (χ0v) is 12.8. The Morgan fingerprint density at radius 1 is 1.05 bits per heavy atom. The summed E-state index contributed by atoms with van der Waals surface area (Å²) in [5, 5.41) is 0. The van der Waals surface area contributed by atoms with E-state index in [9.17, 15) is 4.79 Å². The Hall–Kier alpha value is -2.39. The smallest absolute Gasteiger partial charge is 0.254 e. The van der Waals surface area contributed by atoms with Crippen LogP contribution in [0, 0.1) is 0 Å². The molecule has 0 aliphatic carbocycles. The molecule has 0 radical (unpaired) electrons. The lowest BCUT2D eigenvalue weighted by Crippen LogP contribution is -2.63. The molecule has 0 spiro atoms. The Morgan fingerprint density at radius 2 is 1.64 bits per heavy atom. The second-order valence-corrected chi connectivity index (χ2v) is 5.43. The van der Waals surface area contributed by atoms with E-state index in [1.54, 1.807) is 12.0 Å². The number of hydrogen-bond donors (Lipinski definition) is 0. The fourth-order valence-electron chi connectivity index (χ4n) is 2.89. The molecule has 2 atom stereocenters. The van der Waals surface area contributed by atoms with Gasteiger partial charge in [-0.05, 0) is 22.8 Å². The van der Waals surface area contributed by atoms with E-state index in [1.165, 1.54) is 0 Å². The van der Waals surface area contributed by atoms with Crippen molar-refractivity contribution in [2.45, 2.75) is 12.1 Å². The second-order valence-electron chi connectivity index (χ2n) is 5.43. The highest BCUT2D eigenvalue weighted by molar-refractivity contribution is 5.98. The average molecular weight is 293 g/mol. The maximum Gasteiger partial charge on any atom is 0.254 e. The molecule has 1 amide bonds. The first-order valence-corrected chi connectivity index (χ1v) is 7.34. The third kappa shape index (κ3) is 2.55. The third-order valence-electron chi connectivity index (χ3n) is 4.10. The molecule has 112 valence electrons. The van der Waals surface area contributed by atoms with Crippen LogP contribution in [0.3, 0.4) is 0 Å². The maximum absolute atomic E-state index is 12.0. The Labute approximate surface area is 130 Å². The number of β-lactam (4-membered cyclic amide) rings is 1. The summed E-state index contributed by atoms with van der Waals surface area (Å²) in [5.41, 5.74) is 3.32. The van der Waals surface area contributed by atoms with Gasteiger partial charge in [0.25, 0.3) is 5.91 Å². The molecule has 3 nitrogen and oxygen atoms in total. The topological polar surface area (TPSA) is 29.5 Å². The van der Waals surface area contributed by atoms with Crippen molar-refractivity contribution in [2.75, 3.05) is 14.2 Å². The number of carbonyl (C=O) groups is 1. The molecule has 1 fully saturated rings. The summed E-state index contributed by atoms with van der Waals surface area (Å²) in [7, 11) is 3.41. The Morgan fingerprint density at radius 3 is 2.23 bits per heavy atom. The zero-order valence-electron chi connectivity index (χ0n) is 12.8. The van der Waals surface area contributed by atoms with Crippen molar-refractivity contribution >= 4 is 17.6 Å². The van der Waals surface area contributed by atoms with Gasteiger partial charge in [-0.3, -0.25) is 4.79 Å². The molecular formula is C19H19NO2. The standard InChI is InChI=1S/C19H19NO2/c1-20-17(18(22-2)19(20)21)16(15-11-7-4-8-12-15)13-14-9-5-3-6-10-14/h3-13,17-18H,1-2H3/b16-13+/t17-,18+/m0/s1. The minimum absolute atomic E-state index is 0.0300. The van der Waals surface area contributed by atoms with Gasteiger partial charge in [-0.2, -0.15) is 0 Å². The molecule has 2 aromatic rings. The SMILES string of the molecule is CO[C@H]1C(=O)N(C)[C@H]1/C(=C/c1ccccc1)c1ccccc1. The van der Waals surface area contributed by atoms with Crippen LogP contribution in [-0.2, 0) is 9.53 Å². The van der Waals surface area contributed by atoms with Gasteiger partial charge in [0.05, 0.1) is 6.04 Å². The van der Waals surface area contributed by atoms with Crippen molar-refractivity contribution in [2.24, 2.45) is 0 Å². The summed E-state index contributed by atoms with van der Waals surface area (Å²) in [6, 6.07) is 20.2. The molecule has 1 saturated heterocycles. The van der Waals surface area contributed by atoms with Crippen molar-refractivity contribution in [1.82, 2.24) is 4.90 Å². The molecule has 3 rings (SSSR count). The first kappa shape index (κ1) is 14.5. The normalized spacial score (nSPS) is 21.6. The summed E-state index contributed by atoms with van der Waals surface area (Å²) in [6.45, 7) is 0. The van der Waals surface area contributed by atoms with Crippen LogP contribution in [-0.4, -0.2) is 37.1 Å². The summed E-state index contributed by atoms with van der Waals surface area (Å²) < 4.78 is 5.39. The van der Waals surface area contributed by atoms with Gasteiger partial charge in [-0.25, -0.2) is 0 Å². The minimum atomic E-state index is -0.403. The van der Waals surface area contributed by atoms with Gasteiger partial charge < -0.3 is 9.64 Å². The number of carbonyl (C=O) groups excluding carboxylic acids is 1. The molecule has 0 bridgehead atoms. The first-order chi connectivity index (χ1) is 10.7. The lowest BCUT2D eigenvalue weighted by molar-refractivity contribution is -0.161. The third-order valence-corrected chi connectivity index (χ3v) is 4.10. The average Bonchev–Trinajstić information content (AvgIpc) is 2.59. The second kappa shape index (κ2) is 6.16. The first-order valence-electron chi connectivity index (χ1n) is 7.34. The molecule has 1 aliphatic heterocycles. The van der Waals surface area contributed by atoms with E-state index < -0.39 is 6.10 Å². The molecule has 1 aliphatic rings.